The maximum absolute atomic E-state index is 13.0. The number of hydrogen-bond acceptors (Lipinski definition) is 3. The molecule has 2 aromatic heterocycles. The number of aryl methyl sites for hydroxylation is 1. The number of thiophene rings is 1. The number of amides is 1. The number of hydrogen-bond donors (Lipinski definition) is 0. The zero-order valence-corrected chi connectivity index (χ0v) is 20.0. The third kappa shape index (κ3) is 5.02. The molecule has 1 aliphatic heterocycles. The Kier molecular flexibility index (Phi) is 6.78. The second-order valence-electron chi connectivity index (χ2n) is 8.84. The number of benzene rings is 1. The van der Waals surface area contributed by atoms with Crippen molar-refractivity contribution in [3.8, 4) is 21.6 Å². The molecule has 162 valence electrons. The molecule has 0 aliphatic carbocycles. The molecule has 0 radical (unpaired) electrons. The van der Waals surface area contributed by atoms with E-state index in [0.29, 0.717) is 16.5 Å². The monoisotopic (exact) mass is 452 g/mol. The lowest BCUT2D eigenvalue weighted by Crippen LogP contribution is -2.36. The lowest BCUT2D eigenvalue weighted by atomic mass is 9.99. The van der Waals surface area contributed by atoms with Crippen molar-refractivity contribution in [3.05, 3.63) is 63.8 Å². The van der Waals surface area contributed by atoms with Gasteiger partial charge in [-0.2, -0.15) is 0 Å². The van der Waals surface area contributed by atoms with Crippen LogP contribution in [0.25, 0.3) is 21.6 Å². The van der Waals surface area contributed by atoms with Crippen LogP contribution in [-0.4, -0.2) is 28.9 Å². The van der Waals surface area contributed by atoms with Crippen LogP contribution in [0.5, 0.6) is 0 Å². The first-order valence-electron chi connectivity index (χ1n) is 11.1. The van der Waals surface area contributed by atoms with Gasteiger partial charge in [-0.05, 0) is 90.4 Å². The summed E-state index contributed by atoms with van der Waals surface area (Å²) in [6.45, 7) is 8.07. The summed E-state index contributed by atoms with van der Waals surface area (Å²) >= 11 is 8.36. The van der Waals surface area contributed by atoms with E-state index in [1.165, 1.54) is 16.9 Å². The van der Waals surface area contributed by atoms with Gasteiger partial charge in [0.25, 0.3) is 5.91 Å². The van der Waals surface area contributed by atoms with Crippen molar-refractivity contribution < 1.29 is 4.79 Å². The van der Waals surface area contributed by atoms with E-state index in [9.17, 15) is 4.79 Å². The molecule has 1 aromatic carbocycles. The molecule has 0 N–H and O–H groups in total. The average Bonchev–Trinajstić information content (AvgIpc) is 3.24. The first kappa shape index (κ1) is 22.0. The van der Waals surface area contributed by atoms with Gasteiger partial charge in [-0.3, -0.25) is 9.78 Å². The van der Waals surface area contributed by atoms with Gasteiger partial charge in [0, 0.05) is 29.9 Å². The fraction of sp³-hybridized carbons (Fsp3) is 0.385. The van der Waals surface area contributed by atoms with Gasteiger partial charge in [0.05, 0.1) is 10.6 Å². The van der Waals surface area contributed by atoms with Gasteiger partial charge < -0.3 is 4.90 Å². The number of carbonyl (C=O) groups is 1. The van der Waals surface area contributed by atoms with Crippen LogP contribution < -0.4 is 0 Å². The van der Waals surface area contributed by atoms with Crippen LogP contribution >= 0.6 is 22.9 Å². The lowest BCUT2D eigenvalue weighted by Gasteiger charge is -2.27. The van der Waals surface area contributed by atoms with E-state index in [1.54, 1.807) is 11.3 Å². The van der Waals surface area contributed by atoms with E-state index in [2.05, 4.69) is 48.5 Å². The summed E-state index contributed by atoms with van der Waals surface area (Å²) in [7, 11) is 0. The van der Waals surface area contributed by atoms with Crippen LogP contribution in [-0.2, 0) is 6.42 Å². The number of halogens is 1. The minimum Gasteiger partial charge on any atom is -0.339 e. The molecule has 3 aromatic rings. The number of nitrogens with zero attached hydrogens (tertiary/aromatic N) is 2. The zero-order chi connectivity index (χ0) is 22.0. The number of likely N-dealkylation sites (tertiary alicyclic amines) is 1. The number of rotatable bonds is 5. The van der Waals surface area contributed by atoms with Gasteiger partial charge in [-0.1, -0.05) is 31.5 Å². The van der Waals surface area contributed by atoms with Crippen molar-refractivity contribution in [3.63, 3.8) is 0 Å². The molecule has 0 spiro atoms. The van der Waals surface area contributed by atoms with E-state index in [-0.39, 0.29) is 5.91 Å². The molecule has 4 rings (SSSR count). The fourth-order valence-corrected chi connectivity index (χ4v) is 5.50. The second-order valence-corrected chi connectivity index (χ2v) is 10.2. The van der Waals surface area contributed by atoms with E-state index < -0.39 is 0 Å². The molecule has 0 atom stereocenters. The summed E-state index contributed by atoms with van der Waals surface area (Å²) < 4.78 is 0. The molecule has 1 saturated heterocycles. The van der Waals surface area contributed by atoms with Crippen LogP contribution in [0.2, 0.25) is 5.02 Å². The third-order valence-electron chi connectivity index (χ3n) is 5.80. The van der Waals surface area contributed by atoms with E-state index in [4.69, 9.17) is 11.6 Å². The molecule has 1 aliphatic rings. The van der Waals surface area contributed by atoms with Gasteiger partial charge in [0.2, 0.25) is 0 Å². The van der Waals surface area contributed by atoms with Crippen LogP contribution in [0.4, 0.5) is 0 Å². The van der Waals surface area contributed by atoms with Crippen LogP contribution in [0.15, 0.2) is 41.9 Å². The summed E-state index contributed by atoms with van der Waals surface area (Å²) in [6, 6.07) is 10.5. The summed E-state index contributed by atoms with van der Waals surface area (Å²) in [5.74, 6) is 0.646. The minimum atomic E-state index is 0.0641. The predicted molar refractivity (Wildman–Crippen MR) is 131 cm³/mol. The maximum atomic E-state index is 13.0. The first-order valence-corrected chi connectivity index (χ1v) is 12.3. The lowest BCUT2D eigenvalue weighted by molar-refractivity contribution is 0.0724. The number of aromatic nitrogens is 1. The Morgan fingerprint density at radius 2 is 1.87 bits per heavy atom. The summed E-state index contributed by atoms with van der Waals surface area (Å²) in [5, 5.41) is 2.70. The van der Waals surface area contributed by atoms with Crippen molar-refractivity contribution in [1.82, 2.24) is 9.88 Å². The molecule has 1 amide bonds. The van der Waals surface area contributed by atoms with Crippen molar-refractivity contribution in [1.29, 1.82) is 0 Å². The van der Waals surface area contributed by atoms with Crippen molar-refractivity contribution in [2.45, 2.75) is 46.5 Å². The van der Waals surface area contributed by atoms with Gasteiger partial charge in [-0.25, -0.2) is 0 Å². The molecule has 1 fully saturated rings. The van der Waals surface area contributed by atoms with Crippen molar-refractivity contribution in [2.24, 2.45) is 5.92 Å². The Balaban J connectivity index is 1.60. The molecule has 5 heteroatoms. The topological polar surface area (TPSA) is 33.2 Å². The molecule has 0 saturated carbocycles. The quantitative estimate of drug-likeness (QED) is 0.408. The highest BCUT2D eigenvalue weighted by Gasteiger charge is 2.23. The zero-order valence-electron chi connectivity index (χ0n) is 18.5. The highest BCUT2D eigenvalue weighted by atomic mass is 35.5. The predicted octanol–water partition coefficient (Wildman–Crippen LogP) is 7.26. The molecule has 3 nitrogen and oxygen atoms in total. The van der Waals surface area contributed by atoms with E-state index in [0.717, 1.165) is 54.7 Å². The maximum Gasteiger partial charge on any atom is 0.255 e. The molecule has 0 unspecified atom stereocenters. The average molecular weight is 453 g/mol. The summed E-state index contributed by atoms with van der Waals surface area (Å²) in [4.78, 5) is 20.7. The van der Waals surface area contributed by atoms with Gasteiger partial charge in [-0.15, -0.1) is 11.3 Å². The van der Waals surface area contributed by atoms with Gasteiger partial charge in [0.1, 0.15) is 0 Å². The Morgan fingerprint density at radius 3 is 2.58 bits per heavy atom. The normalized spacial score (nSPS) is 14.3. The third-order valence-corrected chi connectivity index (χ3v) is 7.07. The molecule has 0 bridgehead atoms. The Hall–Kier alpha value is -2.17. The van der Waals surface area contributed by atoms with Gasteiger partial charge in [0.15, 0.2) is 0 Å². The molecular formula is C26H29ClN2OS. The number of piperidine rings is 1. The first-order chi connectivity index (χ1) is 14.9. The van der Waals surface area contributed by atoms with E-state index in [1.807, 2.05) is 24.1 Å². The van der Waals surface area contributed by atoms with Crippen molar-refractivity contribution >= 4 is 28.8 Å². The minimum absolute atomic E-state index is 0.0641. The summed E-state index contributed by atoms with van der Waals surface area (Å²) in [5.41, 5.74) is 6.09. The van der Waals surface area contributed by atoms with E-state index >= 15 is 0 Å². The second kappa shape index (κ2) is 9.54. The highest BCUT2D eigenvalue weighted by molar-refractivity contribution is 7.14. The Bertz CT molecular complexity index is 1060. The van der Waals surface area contributed by atoms with Crippen LogP contribution in [0, 0.1) is 12.8 Å². The number of carbonyl (C=O) groups excluding carboxylic acids is 1. The molecule has 31 heavy (non-hydrogen) atoms. The SMILES string of the molecule is Cc1cc(-c2csc(-c3ccnc(CC(C)C)c3)c2)cc(Cl)c1C(=O)N1CCCCC1. The molecule has 3 heterocycles. The van der Waals surface area contributed by atoms with Crippen LogP contribution in [0.1, 0.15) is 54.7 Å². The van der Waals surface area contributed by atoms with Crippen LogP contribution in [0.3, 0.4) is 0 Å². The standard InChI is InChI=1S/C26H29ClN2OS/c1-17(2)11-22-13-19(7-8-28-22)24-15-21(16-31-24)20-12-18(3)25(23(27)14-20)26(30)29-9-5-4-6-10-29/h7-8,12-17H,4-6,9-11H2,1-3H3. The number of pyridine rings is 1. The fourth-order valence-electron chi connectivity index (χ4n) is 4.24. The Morgan fingerprint density at radius 1 is 1.10 bits per heavy atom. The molecular weight excluding hydrogens is 424 g/mol. The smallest absolute Gasteiger partial charge is 0.255 e. The highest BCUT2D eigenvalue weighted by Crippen LogP contribution is 2.36. The Labute approximate surface area is 194 Å². The van der Waals surface area contributed by atoms with Gasteiger partial charge >= 0.3 is 0 Å². The van der Waals surface area contributed by atoms with Crippen molar-refractivity contribution in [2.75, 3.05) is 13.1 Å². The largest absolute Gasteiger partial charge is 0.339 e. The summed E-state index contributed by atoms with van der Waals surface area (Å²) in [6.07, 6.45) is 6.23.